The summed E-state index contributed by atoms with van der Waals surface area (Å²) in [7, 11) is -5.78. The molecule has 0 saturated carbocycles. The molecule has 0 heterocycles. The third-order valence-electron chi connectivity index (χ3n) is 3.89. The van der Waals surface area contributed by atoms with Crippen molar-refractivity contribution in [2.45, 2.75) is 76.7 Å². The smallest absolute Gasteiger partial charge is 0.408 e. The minimum Gasteiger partial charge on any atom is -0.538 e. The molecule has 0 aliphatic heterocycles. The maximum absolute atomic E-state index is 12.4. The molecule has 0 bridgehead atoms. The van der Waals surface area contributed by atoms with Crippen LogP contribution in [-0.2, 0) is 19.2 Å². The number of nitrogens with one attached hydrogen (secondary N) is 2. The topological polar surface area (TPSA) is 132 Å². The van der Waals surface area contributed by atoms with Crippen molar-refractivity contribution in [3.63, 3.8) is 0 Å². The summed E-state index contributed by atoms with van der Waals surface area (Å²) in [5.74, 6) is -0.215. The number of amides is 1. The van der Waals surface area contributed by atoms with Crippen LogP contribution >= 0.6 is 12.2 Å². The molecule has 0 spiro atoms. The summed E-state index contributed by atoms with van der Waals surface area (Å²) in [6, 6.07) is 5.84. The molecule has 0 aliphatic carbocycles. The number of nitrogens with two attached hydrogens (primary N) is 1. The average Bonchev–Trinajstić information content (AvgIpc) is 2.61. The van der Waals surface area contributed by atoms with E-state index in [1.807, 2.05) is 26.6 Å². The highest BCUT2D eigenvalue weighted by Gasteiger charge is 2.26. The lowest BCUT2D eigenvalue weighted by molar-refractivity contribution is 0.0513. The van der Waals surface area contributed by atoms with Crippen molar-refractivity contribution in [3.05, 3.63) is 29.8 Å². The van der Waals surface area contributed by atoms with Gasteiger partial charge in [-0.25, -0.2) is 17.9 Å². The number of thiocarbonyl (C=S) groups is 1. The monoisotopic (exact) mass is 516 g/mol. The molecule has 9 nitrogen and oxygen atoms in total. The van der Waals surface area contributed by atoms with Crippen LogP contribution in [0.4, 0.5) is 4.79 Å². The molecule has 4 N–H and O–H groups in total. The Morgan fingerprint density at radius 1 is 1.21 bits per heavy atom. The molecular weight excluding hydrogens is 480 g/mol. The number of ether oxygens (including phenoxy) is 1. The molecule has 1 rings (SSSR count). The first kappa shape index (κ1) is 28.8. The second-order valence-corrected chi connectivity index (χ2v) is 16.1. The molecule has 1 aromatic carbocycles. The number of rotatable bonds is 9. The second kappa shape index (κ2) is 11.8. The number of sulfonamides is 1. The molecule has 0 fully saturated rings. The summed E-state index contributed by atoms with van der Waals surface area (Å²) in [6.45, 7) is 13.4. The number of nitrogens with zero attached hydrogens (tertiary/aromatic N) is 1. The van der Waals surface area contributed by atoms with E-state index >= 15 is 0 Å². The van der Waals surface area contributed by atoms with Gasteiger partial charge in [0, 0.05) is 6.54 Å². The van der Waals surface area contributed by atoms with Gasteiger partial charge < -0.3 is 20.2 Å². The lowest BCUT2D eigenvalue weighted by Crippen LogP contribution is -2.46. The standard InChI is InChI=1S/C21H36N4O5S2Si/c1-15-10-12-16(13-11-15)32(27,28)25-19(22)23-14-8-9-17(18(31)30-33(5,6)7)24-20(26)29-21(2,3)4/h10-13,17H,8-9,14H2,1-7H3,(H,24,26)(H3,22,23,25). The van der Waals surface area contributed by atoms with Crippen molar-refractivity contribution < 1.29 is 22.4 Å². The summed E-state index contributed by atoms with van der Waals surface area (Å²) in [4.78, 5) is 16.4. The first-order valence-electron chi connectivity index (χ1n) is 10.6. The lowest BCUT2D eigenvalue weighted by atomic mass is 10.1. The summed E-state index contributed by atoms with van der Waals surface area (Å²) in [5, 5.41) is 3.04. The molecule has 1 atom stereocenters. The quantitative estimate of drug-likeness (QED) is 0.151. The molecule has 186 valence electrons. The molecule has 0 radical (unpaired) electrons. The molecule has 0 aromatic heterocycles. The Labute approximate surface area is 203 Å². The highest BCUT2D eigenvalue weighted by molar-refractivity contribution is 7.90. The van der Waals surface area contributed by atoms with Crippen LogP contribution in [0.15, 0.2) is 34.2 Å². The zero-order chi connectivity index (χ0) is 25.4. The number of carbonyl (C=O) groups is 1. The Kier molecular flexibility index (Phi) is 10.3. The van der Waals surface area contributed by atoms with E-state index in [9.17, 15) is 13.2 Å². The first-order chi connectivity index (χ1) is 15.0. The number of guanidine groups is 1. The van der Waals surface area contributed by atoms with E-state index in [0.29, 0.717) is 12.8 Å². The Balaban J connectivity index is 2.73. The third-order valence-corrected chi connectivity index (χ3v) is 6.60. The molecule has 12 heteroatoms. The predicted octanol–water partition coefficient (Wildman–Crippen LogP) is 3.44. The lowest BCUT2D eigenvalue weighted by Gasteiger charge is -2.27. The molecule has 0 aliphatic rings. The van der Waals surface area contributed by atoms with E-state index in [-0.39, 0.29) is 22.5 Å². The van der Waals surface area contributed by atoms with Gasteiger partial charge in [-0.3, -0.25) is 4.99 Å². The van der Waals surface area contributed by atoms with Crippen molar-refractivity contribution >= 4 is 47.7 Å². The number of hydrogen-bond donors (Lipinski definition) is 3. The summed E-state index contributed by atoms with van der Waals surface area (Å²) >= 11 is 5.41. The Morgan fingerprint density at radius 2 is 1.79 bits per heavy atom. The molecule has 1 unspecified atom stereocenters. The van der Waals surface area contributed by atoms with Gasteiger partial charge >= 0.3 is 6.09 Å². The summed E-state index contributed by atoms with van der Waals surface area (Å²) < 4.78 is 38.2. The number of aryl methyl sites for hydroxylation is 1. The average molecular weight is 517 g/mol. The van der Waals surface area contributed by atoms with E-state index in [1.54, 1.807) is 32.9 Å². The van der Waals surface area contributed by atoms with E-state index in [4.69, 9.17) is 27.1 Å². The van der Waals surface area contributed by atoms with Gasteiger partial charge in [-0.05, 0) is 84.5 Å². The first-order valence-corrected chi connectivity index (χ1v) is 15.9. The molecular formula is C21H36N4O5S2Si. The van der Waals surface area contributed by atoms with Crippen LogP contribution in [0.2, 0.25) is 19.6 Å². The highest BCUT2D eigenvalue weighted by Crippen LogP contribution is 2.13. The fraction of sp³-hybridized carbons (Fsp3) is 0.571. The van der Waals surface area contributed by atoms with Gasteiger partial charge in [0.25, 0.3) is 10.0 Å². The number of aliphatic imine (C=N–C) groups is 1. The van der Waals surface area contributed by atoms with Gasteiger partial charge in [0.1, 0.15) is 5.60 Å². The van der Waals surface area contributed by atoms with Crippen LogP contribution in [0.3, 0.4) is 0 Å². The van der Waals surface area contributed by atoms with Crippen LogP contribution in [-0.4, -0.2) is 52.0 Å². The Morgan fingerprint density at radius 3 is 2.30 bits per heavy atom. The maximum Gasteiger partial charge on any atom is 0.408 e. The van der Waals surface area contributed by atoms with Crippen molar-refractivity contribution in [3.8, 4) is 0 Å². The summed E-state index contributed by atoms with van der Waals surface area (Å²) in [6.07, 6.45) is 0.301. The normalized spacial score (nSPS) is 13.7. The number of alkyl carbamates (subject to hydrolysis) is 1. The van der Waals surface area contributed by atoms with E-state index in [1.165, 1.54) is 12.1 Å². The second-order valence-electron chi connectivity index (χ2n) is 9.56. The molecule has 0 saturated heterocycles. The number of benzene rings is 1. The molecule has 1 aromatic rings. The van der Waals surface area contributed by atoms with E-state index in [2.05, 4.69) is 15.0 Å². The van der Waals surface area contributed by atoms with Crippen LogP contribution < -0.4 is 15.8 Å². The summed E-state index contributed by atoms with van der Waals surface area (Å²) in [5.41, 5.74) is 6.06. The van der Waals surface area contributed by atoms with Gasteiger partial charge in [0.15, 0.2) is 5.05 Å². The Hall–Kier alpha value is -2.18. The van der Waals surface area contributed by atoms with Crippen LogP contribution in [0.25, 0.3) is 0 Å². The number of carbonyl (C=O) groups excluding carboxylic acids is 1. The van der Waals surface area contributed by atoms with Gasteiger partial charge in [0.2, 0.25) is 14.3 Å². The Bertz CT molecular complexity index is 952. The third kappa shape index (κ3) is 12.0. The maximum atomic E-state index is 12.4. The predicted molar refractivity (Wildman–Crippen MR) is 137 cm³/mol. The van der Waals surface area contributed by atoms with Crippen molar-refractivity contribution in [1.82, 2.24) is 10.0 Å². The zero-order valence-electron chi connectivity index (χ0n) is 20.4. The van der Waals surface area contributed by atoms with Crippen LogP contribution in [0.5, 0.6) is 0 Å². The highest BCUT2D eigenvalue weighted by atomic mass is 32.2. The van der Waals surface area contributed by atoms with Gasteiger partial charge in [-0.15, -0.1) is 0 Å². The minimum absolute atomic E-state index is 0.0988. The fourth-order valence-corrected chi connectivity index (χ4v) is 5.14. The van der Waals surface area contributed by atoms with E-state index < -0.39 is 36.1 Å². The van der Waals surface area contributed by atoms with E-state index in [0.717, 1.165) is 5.56 Å². The van der Waals surface area contributed by atoms with Gasteiger partial charge in [0.05, 0.1) is 10.9 Å². The van der Waals surface area contributed by atoms with Crippen LogP contribution in [0, 0.1) is 6.92 Å². The van der Waals surface area contributed by atoms with Gasteiger partial charge in [-0.1, -0.05) is 17.7 Å². The van der Waals surface area contributed by atoms with Crippen LogP contribution in [0.1, 0.15) is 39.2 Å². The van der Waals surface area contributed by atoms with Gasteiger partial charge in [-0.2, -0.15) is 0 Å². The van der Waals surface area contributed by atoms with Crippen molar-refractivity contribution in [2.75, 3.05) is 6.54 Å². The fourth-order valence-electron chi connectivity index (χ4n) is 2.51. The minimum atomic E-state index is -3.81. The number of hydrogen-bond acceptors (Lipinski definition) is 7. The van der Waals surface area contributed by atoms with Crippen molar-refractivity contribution in [1.29, 1.82) is 0 Å². The van der Waals surface area contributed by atoms with Crippen molar-refractivity contribution in [2.24, 2.45) is 10.7 Å². The zero-order valence-corrected chi connectivity index (χ0v) is 23.0. The SMILES string of the molecule is Cc1ccc(S(=O)(=O)NC(N)=NCCCC(NC(=O)OC(C)(C)C)C(=S)O[Si](C)(C)C)cc1. The largest absolute Gasteiger partial charge is 0.538 e. The molecule has 1 amide bonds. The molecule has 33 heavy (non-hydrogen) atoms.